The predicted octanol–water partition coefficient (Wildman–Crippen LogP) is 6.83. The Morgan fingerprint density at radius 1 is 0.812 bits per heavy atom. The van der Waals surface area contributed by atoms with E-state index in [2.05, 4.69) is 41.3 Å². The van der Waals surface area contributed by atoms with Crippen LogP contribution in [0.2, 0.25) is 0 Å². The number of ketones is 2. The molecule has 1 aliphatic heterocycles. The number of alkyl halides is 6. The average Bonchev–Trinajstić information content (AvgIpc) is 2.97. The van der Waals surface area contributed by atoms with E-state index >= 15 is 0 Å². The number of benzene rings is 4. The fraction of sp³-hybridized carbons (Fsp3) is 0.125. The fourth-order valence-corrected chi connectivity index (χ4v) is 4.84. The van der Waals surface area contributed by atoms with Crippen molar-refractivity contribution in [2.24, 2.45) is 0 Å². The third-order valence-electron chi connectivity index (χ3n) is 6.13. The summed E-state index contributed by atoms with van der Waals surface area (Å²) < 4.78 is 87.4. The van der Waals surface area contributed by atoms with Gasteiger partial charge in [-0.25, -0.2) is 0 Å². The molecule has 0 spiro atoms. The number of phenols is 1. The van der Waals surface area contributed by atoms with Crippen LogP contribution >= 0.6 is 31.9 Å². The Kier molecular flexibility index (Phi) is 14.8. The van der Waals surface area contributed by atoms with Gasteiger partial charge in [0, 0.05) is 8.95 Å². The number of carbonyl (C=O) groups is 2. The van der Waals surface area contributed by atoms with Gasteiger partial charge in [0.15, 0.2) is 11.6 Å². The van der Waals surface area contributed by atoms with E-state index in [4.69, 9.17) is 4.74 Å². The molecule has 5 rings (SSSR count). The van der Waals surface area contributed by atoms with Crippen LogP contribution in [0.4, 0.5) is 26.3 Å². The van der Waals surface area contributed by atoms with Crippen molar-refractivity contribution in [1.29, 1.82) is 0 Å². The molecule has 0 aliphatic carbocycles. The molecule has 1 heterocycles. The monoisotopic (exact) mass is 812 g/mol. The minimum atomic E-state index is -4.74. The van der Waals surface area contributed by atoms with Crippen LogP contribution in [0.1, 0.15) is 44.4 Å². The Morgan fingerprint density at radius 3 is 1.90 bits per heavy atom. The predicted molar refractivity (Wildman–Crippen MR) is 164 cm³/mol. The van der Waals surface area contributed by atoms with Gasteiger partial charge in [-0.15, -0.1) is 26.3 Å². The Morgan fingerprint density at radius 2 is 1.33 bits per heavy atom. The second-order valence-corrected chi connectivity index (χ2v) is 11.3. The first-order valence-electron chi connectivity index (χ1n) is 13.0. The Labute approximate surface area is 308 Å². The first kappa shape index (κ1) is 40.8. The average molecular weight is 814 g/mol. The molecular weight excluding hydrogens is 793 g/mol. The summed E-state index contributed by atoms with van der Waals surface area (Å²) in [5.74, 6) is -0.854. The normalized spacial score (nSPS) is 13.9. The minimum absolute atomic E-state index is 0. The van der Waals surface area contributed by atoms with Gasteiger partial charge < -0.3 is 24.8 Å². The summed E-state index contributed by atoms with van der Waals surface area (Å²) in [5, 5.41) is 9.65. The van der Waals surface area contributed by atoms with E-state index in [1.165, 1.54) is 60.7 Å². The van der Waals surface area contributed by atoms with Gasteiger partial charge in [-0.05, 0) is 77.9 Å². The zero-order chi connectivity index (χ0) is 33.6. The zero-order valence-corrected chi connectivity index (χ0v) is 29.7. The number of carbonyl (C=O) groups excluding carboxylic acids is 2. The fourth-order valence-electron chi connectivity index (χ4n) is 4.11. The van der Waals surface area contributed by atoms with Crippen molar-refractivity contribution < 1.29 is 90.3 Å². The molecule has 0 bridgehead atoms. The summed E-state index contributed by atoms with van der Waals surface area (Å²) in [6.45, 7) is 0. The van der Waals surface area contributed by atoms with Gasteiger partial charge in [0.2, 0.25) is 0 Å². The maximum atomic E-state index is 12.2. The minimum Gasteiger partial charge on any atom is -0.870 e. The molecule has 0 radical (unpaired) electrons. The van der Waals surface area contributed by atoms with Gasteiger partial charge in [0.25, 0.3) is 0 Å². The second kappa shape index (κ2) is 17.4. The molecule has 4 aromatic rings. The van der Waals surface area contributed by atoms with E-state index in [0.717, 1.165) is 16.6 Å². The molecule has 48 heavy (non-hydrogen) atoms. The van der Waals surface area contributed by atoms with Gasteiger partial charge in [-0.2, -0.15) is 0 Å². The van der Waals surface area contributed by atoms with Crippen LogP contribution in [0.5, 0.6) is 23.0 Å². The quantitative estimate of drug-likeness (QED) is 0.0984. The molecule has 1 aliphatic rings. The Bertz CT molecular complexity index is 1750. The summed E-state index contributed by atoms with van der Waals surface area (Å²) in [6, 6.07) is 20.0. The third-order valence-corrected chi connectivity index (χ3v) is 7.12. The smallest absolute Gasteiger partial charge is 0.870 e. The number of hydrogen-bond acceptors (Lipinski definition) is 7. The first-order valence-corrected chi connectivity index (χ1v) is 14.6. The van der Waals surface area contributed by atoms with Crippen molar-refractivity contribution in [2.75, 3.05) is 0 Å². The molecule has 7 nitrogen and oxygen atoms in total. The Balaban J connectivity index is 0.000000320. The van der Waals surface area contributed by atoms with E-state index in [-0.39, 0.29) is 70.0 Å². The third kappa shape index (κ3) is 12.3. The molecular formula is C32H21Br2F6NaO7. The number of ether oxygens (including phenoxy) is 3. The van der Waals surface area contributed by atoms with Crippen LogP contribution in [0.3, 0.4) is 0 Å². The summed E-state index contributed by atoms with van der Waals surface area (Å²) in [6.07, 6.45) is -7.23. The molecule has 2 N–H and O–H groups in total. The number of aromatic hydroxyl groups is 1. The molecule has 1 unspecified atom stereocenters. The molecule has 4 aromatic carbocycles. The van der Waals surface area contributed by atoms with Gasteiger partial charge in [0.1, 0.15) is 29.1 Å². The number of allylic oxidation sites excluding steroid dienone is 1. The van der Waals surface area contributed by atoms with E-state index in [1.54, 1.807) is 24.3 Å². The molecule has 0 saturated carbocycles. The summed E-state index contributed by atoms with van der Waals surface area (Å²) in [5.41, 5.74) is 1.74. The van der Waals surface area contributed by atoms with Crippen molar-refractivity contribution in [2.45, 2.75) is 25.2 Å². The van der Waals surface area contributed by atoms with E-state index in [1.807, 2.05) is 0 Å². The molecule has 248 valence electrons. The van der Waals surface area contributed by atoms with E-state index < -0.39 is 24.6 Å². The van der Waals surface area contributed by atoms with Crippen molar-refractivity contribution in [3.8, 4) is 23.0 Å². The standard InChI is InChI=1S/2C16H10BrF3O3.Na.H2O/c17-10-3-6-14-12(7-10)13(21)8-15(22-14)9-1-4-11(5-2-9)23-16(18,19)20;17-11-4-8-15(22)13(9-11)14(21)7-3-10-1-5-12(6-2-10)23-16(18,19)20;;/h1-7,15H,8H2;1-9,22H;;1H2/q;;+1;/p-1/b;7-3+;;. The van der Waals surface area contributed by atoms with Crippen LogP contribution < -0.4 is 43.8 Å². The number of fused-ring (bicyclic) bond motifs is 1. The van der Waals surface area contributed by atoms with Crippen molar-refractivity contribution >= 4 is 49.5 Å². The number of Topliss-reactive ketones (excluding diaryl/α,β-unsaturated/α-hetero) is 1. The second-order valence-electron chi connectivity index (χ2n) is 9.47. The zero-order valence-electron chi connectivity index (χ0n) is 24.5. The SMILES string of the molecule is O=C(/C=C/c1ccc(OC(F)(F)F)cc1)c1cc(Br)ccc1O.O=C1CC(c2ccc(OC(F)(F)F)cc2)Oc2ccc(Br)cc21.[Na+].[OH-]. The van der Waals surface area contributed by atoms with Gasteiger partial charge in [-0.1, -0.05) is 62.2 Å². The summed E-state index contributed by atoms with van der Waals surface area (Å²) in [4.78, 5) is 24.2. The van der Waals surface area contributed by atoms with Crippen LogP contribution in [-0.4, -0.2) is 34.9 Å². The molecule has 0 amide bonds. The van der Waals surface area contributed by atoms with Crippen LogP contribution in [-0.2, 0) is 0 Å². The number of rotatable bonds is 6. The largest absolute Gasteiger partial charge is 1.00 e. The van der Waals surface area contributed by atoms with Crippen molar-refractivity contribution in [3.05, 3.63) is 122 Å². The Hall–Kier alpha value is -3.34. The molecule has 1 atom stereocenters. The van der Waals surface area contributed by atoms with Gasteiger partial charge >= 0.3 is 42.3 Å². The molecule has 0 aromatic heterocycles. The number of halogens is 8. The van der Waals surface area contributed by atoms with E-state index in [0.29, 0.717) is 26.9 Å². The van der Waals surface area contributed by atoms with Gasteiger partial charge in [0.05, 0.1) is 17.5 Å². The topological polar surface area (TPSA) is 112 Å². The maximum absolute atomic E-state index is 12.2. The summed E-state index contributed by atoms with van der Waals surface area (Å²) in [7, 11) is 0. The number of hydrogen-bond donors (Lipinski definition) is 1. The maximum Gasteiger partial charge on any atom is 1.00 e. The van der Waals surface area contributed by atoms with E-state index in [9.17, 15) is 41.0 Å². The molecule has 0 fully saturated rings. The first-order chi connectivity index (χ1) is 21.6. The van der Waals surface area contributed by atoms with Crippen molar-refractivity contribution in [3.63, 3.8) is 0 Å². The van der Waals surface area contributed by atoms with Gasteiger partial charge in [-0.3, -0.25) is 9.59 Å². The molecule has 0 saturated heterocycles. The summed E-state index contributed by atoms with van der Waals surface area (Å²) >= 11 is 6.50. The number of phenolic OH excluding ortho intramolecular Hbond substituents is 1. The van der Waals surface area contributed by atoms with Crippen LogP contribution in [0.15, 0.2) is 100.0 Å². The van der Waals surface area contributed by atoms with Crippen LogP contribution in [0, 0.1) is 0 Å². The molecule has 16 heteroatoms. The van der Waals surface area contributed by atoms with Crippen LogP contribution in [0.25, 0.3) is 6.08 Å². The van der Waals surface area contributed by atoms with Crippen molar-refractivity contribution in [1.82, 2.24) is 0 Å².